The van der Waals surface area contributed by atoms with Gasteiger partial charge < -0.3 is 10.1 Å². The normalized spacial score (nSPS) is 10.8. The van der Waals surface area contributed by atoms with E-state index in [1.54, 1.807) is 6.92 Å². The highest BCUT2D eigenvalue weighted by Gasteiger charge is 2.10. The van der Waals surface area contributed by atoms with Crippen LogP contribution in [0.25, 0.3) is 0 Å². The quantitative estimate of drug-likeness (QED) is 0.879. The van der Waals surface area contributed by atoms with Gasteiger partial charge in [-0.1, -0.05) is 12.1 Å². The van der Waals surface area contributed by atoms with E-state index in [1.165, 1.54) is 6.20 Å². The van der Waals surface area contributed by atoms with Gasteiger partial charge in [-0.3, -0.25) is 0 Å². The van der Waals surface area contributed by atoms with Crippen LogP contribution in [0.2, 0.25) is 0 Å². The third-order valence-electron chi connectivity index (χ3n) is 2.83. The van der Waals surface area contributed by atoms with Crippen LogP contribution in [0.15, 0.2) is 30.5 Å². The van der Waals surface area contributed by atoms with Gasteiger partial charge in [0.15, 0.2) is 0 Å². The topological polar surface area (TPSA) is 39.1 Å². The molecule has 1 aromatic heterocycles. The Morgan fingerprint density at radius 2 is 2.00 bits per heavy atom. The van der Waals surface area contributed by atoms with E-state index in [1.807, 2.05) is 31.2 Å². The summed E-state index contributed by atoms with van der Waals surface area (Å²) in [7, 11) is 0. The molecule has 0 saturated heterocycles. The minimum Gasteiger partial charge on any atom is -0.494 e. The van der Waals surface area contributed by atoms with Crippen LogP contribution in [-0.4, -0.2) is 16.4 Å². The molecule has 1 heterocycles. The third kappa shape index (κ3) is 3.46. The van der Waals surface area contributed by atoms with Crippen LogP contribution in [0.5, 0.6) is 5.75 Å². The third-order valence-corrected chi connectivity index (χ3v) is 2.83. The fraction of sp³-hybridized carbons (Fsp3) is 0.357. The summed E-state index contributed by atoms with van der Waals surface area (Å²) in [5.74, 6) is 0.818. The van der Waals surface area contributed by atoms with Gasteiger partial charge >= 0.3 is 6.55 Å². The molecular weight excluding hydrogens is 264 g/mol. The lowest BCUT2D eigenvalue weighted by Crippen LogP contribution is -2.00. The summed E-state index contributed by atoms with van der Waals surface area (Å²) in [6.45, 7) is 2.18. The molecule has 0 aliphatic carbocycles. The summed E-state index contributed by atoms with van der Waals surface area (Å²) >= 11 is 0. The van der Waals surface area contributed by atoms with E-state index in [0.29, 0.717) is 29.2 Å². The summed E-state index contributed by atoms with van der Waals surface area (Å²) in [5.41, 5.74) is 2.20. The van der Waals surface area contributed by atoms with E-state index in [-0.39, 0.29) is 0 Å². The Labute approximate surface area is 116 Å². The summed E-state index contributed by atoms with van der Waals surface area (Å²) in [4.78, 5) is 0. The standard InChI is InChI=1S/C14H17F2N3O/c1-3-20-12-6-4-11(5-7-12)8-17-13-9-19(14(15)16)18-10(13)2/h4-7,9,14,17H,3,8H2,1-2H3. The number of ether oxygens (including phenoxy) is 1. The van der Waals surface area contributed by atoms with Crippen molar-refractivity contribution in [3.05, 3.63) is 41.7 Å². The van der Waals surface area contributed by atoms with Crippen LogP contribution in [0, 0.1) is 6.92 Å². The largest absolute Gasteiger partial charge is 0.494 e. The number of aromatic nitrogens is 2. The molecule has 0 amide bonds. The van der Waals surface area contributed by atoms with Gasteiger partial charge in [0.05, 0.1) is 24.2 Å². The van der Waals surface area contributed by atoms with Crippen molar-refractivity contribution in [1.82, 2.24) is 9.78 Å². The van der Waals surface area contributed by atoms with E-state index >= 15 is 0 Å². The van der Waals surface area contributed by atoms with Gasteiger partial charge in [-0.2, -0.15) is 13.9 Å². The second kappa shape index (κ2) is 6.36. The van der Waals surface area contributed by atoms with Crippen LogP contribution < -0.4 is 10.1 Å². The maximum atomic E-state index is 12.5. The van der Waals surface area contributed by atoms with Crippen molar-refractivity contribution in [2.75, 3.05) is 11.9 Å². The smallest absolute Gasteiger partial charge is 0.333 e. The Kier molecular flexibility index (Phi) is 4.55. The summed E-state index contributed by atoms with van der Waals surface area (Å²) < 4.78 is 31.0. The number of hydrogen-bond donors (Lipinski definition) is 1. The van der Waals surface area contributed by atoms with Crippen molar-refractivity contribution in [3.63, 3.8) is 0 Å². The zero-order valence-corrected chi connectivity index (χ0v) is 11.4. The number of hydrogen-bond acceptors (Lipinski definition) is 3. The highest BCUT2D eigenvalue weighted by Crippen LogP contribution is 2.19. The van der Waals surface area contributed by atoms with E-state index in [0.717, 1.165) is 11.3 Å². The van der Waals surface area contributed by atoms with Gasteiger partial charge in [0.25, 0.3) is 0 Å². The highest BCUT2D eigenvalue weighted by molar-refractivity contribution is 5.46. The zero-order valence-electron chi connectivity index (χ0n) is 11.4. The first kappa shape index (κ1) is 14.3. The molecule has 0 fully saturated rings. The summed E-state index contributed by atoms with van der Waals surface area (Å²) in [5, 5.41) is 6.84. The molecule has 0 radical (unpaired) electrons. The monoisotopic (exact) mass is 281 g/mol. The molecule has 0 aliphatic rings. The Balaban J connectivity index is 1.97. The first-order valence-electron chi connectivity index (χ1n) is 6.39. The molecule has 0 saturated carbocycles. The average molecular weight is 281 g/mol. The van der Waals surface area contributed by atoms with Crippen LogP contribution in [0.4, 0.5) is 14.5 Å². The fourth-order valence-electron chi connectivity index (χ4n) is 1.82. The maximum Gasteiger partial charge on any atom is 0.333 e. The van der Waals surface area contributed by atoms with Crippen molar-refractivity contribution in [2.45, 2.75) is 26.9 Å². The van der Waals surface area contributed by atoms with Crippen LogP contribution >= 0.6 is 0 Å². The number of alkyl halides is 2. The molecule has 0 bridgehead atoms. The lowest BCUT2D eigenvalue weighted by molar-refractivity contribution is 0.0563. The number of rotatable bonds is 6. The Morgan fingerprint density at radius 1 is 1.30 bits per heavy atom. The Bertz CT molecular complexity index is 552. The number of halogens is 2. The van der Waals surface area contributed by atoms with E-state index in [9.17, 15) is 8.78 Å². The first-order valence-corrected chi connectivity index (χ1v) is 6.39. The highest BCUT2D eigenvalue weighted by atomic mass is 19.3. The minimum absolute atomic E-state index is 0.544. The van der Waals surface area contributed by atoms with Gasteiger partial charge in [-0.05, 0) is 31.5 Å². The van der Waals surface area contributed by atoms with E-state index in [4.69, 9.17) is 4.74 Å². The van der Waals surface area contributed by atoms with Gasteiger partial charge in [0.2, 0.25) is 0 Å². The van der Waals surface area contributed by atoms with Crippen molar-refractivity contribution in [2.24, 2.45) is 0 Å². The molecular formula is C14H17F2N3O. The number of aryl methyl sites for hydroxylation is 1. The molecule has 4 nitrogen and oxygen atoms in total. The molecule has 0 spiro atoms. The zero-order chi connectivity index (χ0) is 14.5. The van der Waals surface area contributed by atoms with Crippen molar-refractivity contribution >= 4 is 5.69 Å². The predicted molar refractivity (Wildman–Crippen MR) is 73.2 cm³/mol. The number of nitrogens with one attached hydrogen (secondary N) is 1. The van der Waals surface area contributed by atoms with E-state index in [2.05, 4.69) is 10.4 Å². The Morgan fingerprint density at radius 3 is 2.55 bits per heavy atom. The molecule has 0 unspecified atom stereocenters. The second-order valence-electron chi connectivity index (χ2n) is 4.32. The van der Waals surface area contributed by atoms with Gasteiger partial charge in [0, 0.05) is 6.54 Å². The molecule has 1 aromatic carbocycles. The number of anilines is 1. The molecule has 0 aliphatic heterocycles. The lowest BCUT2D eigenvalue weighted by Gasteiger charge is -2.07. The summed E-state index contributed by atoms with van der Waals surface area (Å²) in [6, 6.07) is 7.64. The van der Waals surface area contributed by atoms with Gasteiger partial charge in [0.1, 0.15) is 5.75 Å². The van der Waals surface area contributed by atoms with Gasteiger partial charge in [-0.25, -0.2) is 4.68 Å². The lowest BCUT2D eigenvalue weighted by atomic mass is 10.2. The van der Waals surface area contributed by atoms with Crippen molar-refractivity contribution in [3.8, 4) is 5.75 Å². The number of nitrogens with zero attached hydrogens (tertiary/aromatic N) is 2. The number of benzene rings is 1. The maximum absolute atomic E-state index is 12.5. The van der Waals surface area contributed by atoms with E-state index < -0.39 is 6.55 Å². The van der Waals surface area contributed by atoms with Crippen LogP contribution in [-0.2, 0) is 6.54 Å². The fourth-order valence-corrected chi connectivity index (χ4v) is 1.82. The minimum atomic E-state index is -2.62. The molecule has 108 valence electrons. The molecule has 2 aromatic rings. The summed E-state index contributed by atoms with van der Waals surface area (Å²) in [6.07, 6.45) is 1.31. The molecule has 6 heteroatoms. The molecule has 0 atom stereocenters. The molecule has 2 rings (SSSR count). The van der Waals surface area contributed by atoms with Gasteiger partial charge in [-0.15, -0.1) is 0 Å². The molecule has 1 N–H and O–H groups in total. The predicted octanol–water partition coefficient (Wildman–Crippen LogP) is 3.60. The Hall–Kier alpha value is -2.11. The first-order chi connectivity index (χ1) is 9.60. The molecule has 20 heavy (non-hydrogen) atoms. The average Bonchev–Trinajstić information content (AvgIpc) is 2.80. The van der Waals surface area contributed by atoms with Crippen molar-refractivity contribution in [1.29, 1.82) is 0 Å². The van der Waals surface area contributed by atoms with Crippen LogP contribution in [0.3, 0.4) is 0 Å². The second-order valence-corrected chi connectivity index (χ2v) is 4.32. The van der Waals surface area contributed by atoms with Crippen molar-refractivity contribution < 1.29 is 13.5 Å². The SMILES string of the molecule is CCOc1ccc(CNc2cn(C(F)F)nc2C)cc1. The van der Waals surface area contributed by atoms with Crippen LogP contribution in [0.1, 0.15) is 24.7 Å².